The zero-order valence-corrected chi connectivity index (χ0v) is 24.5. The van der Waals surface area contributed by atoms with Gasteiger partial charge >= 0.3 is 29.5 Å². The second kappa shape index (κ2) is 22.3. The maximum Gasteiger partial charge on any atom is 0.500 e. The van der Waals surface area contributed by atoms with Crippen molar-refractivity contribution in [2.45, 2.75) is 24.9 Å². The lowest BCUT2D eigenvalue weighted by molar-refractivity contribution is -0.134. The van der Waals surface area contributed by atoms with Crippen molar-refractivity contribution in [3.05, 3.63) is 12.2 Å². The van der Waals surface area contributed by atoms with Crippen LogP contribution in [0.15, 0.2) is 12.2 Å². The first-order valence-corrected chi connectivity index (χ1v) is 14.4. The molecule has 0 saturated carbocycles. The Morgan fingerprint density at radius 3 is 1.00 bits per heavy atom. The Morgan fingerprint density at radius 1 is 0.618 bits per heavy atom. The lowest BCUT2D eigenvalue weighted by Gasteiger charge is -2.24. The molecule has 0 amide bonds. The molecule has 204 valence electrons. The Hall–Kier alpha value is -1.21. The van der Waals surface area contributed by atoms with E-state index in [4.69, 9.17) is 36.8 Å². The molecule has 0 fully saturated rings. The van der Waals surface area contributed by atoms with E-state index in [1.807, 2.05) is 0 Å². The Balaban J connectivity index is -0.000000438. The zero-order valence-electron chi connectivity index (χ0n) is 22.5. The molecular formula is C20H46N2O10Si2. The number of nitrogens with zero attached hydrogens (tertiary/aromatic N) is 2. The van der Waals surface area contributed by atoms with Crippen molar-refractivity contribution in [2.24, 2.45) is 0 Å². The monoisotopic (exact) mass is 530 g/mol. The van der Waals surface area contributed by atoms with E-state index in [0.29, 0.717) is 12.2 Å². The normalized spacial score (nSPS) is 11.8. The first kappa shape index (κ1) is 37.3. The van der Waals surface area contributed by atoms with Crippen LogP contribution in [0.3, 0.4) is 0 Å². The van der Waals surface area contributed by atoms with Crippen molar-refractivity contribution >= 4 is 29.5 Å². The molecular weight excluding hydrogens is 484 g/mol. The van der Waals surface area contributed by atoms with Crippen molar-refractivity contribution in [3.63, 3.8) is 0 Å². The molecule has 0 heterocycles. The molecule has 2 N–H and O–H groups in total. The van der Waals surface area contributed by atoms with Crippen LogP contribution in [0.2, 0.25) is 12.1 Å². The minimum Gasteiger partial charge on any atom is -0.478 e. The summed E-state index contributed by atoms with van der Waals surface area (Å²) in [6.45, 7) is 2.07. The van der Waals surface area contributed by atoms with Gasteiger partial charge in [-0.15, -0.1) is 0 Å². The number of aliphatic carboxylic acids is 2. The first-order chi connectivity index (χ1) is 15.8. The summed E-state index contributed by atoms with van der Waals surface area (Å²) in [6.07, 6.45) is 3.19. The Kier molecular flexibility index (Phi) is 24.5. The van der Waals surface area contributed by atoms with E-state index < -0.39 is 29.5 Å². The number of hydrogen-bond acceptors (Lipinski definition) is 10. The molecule has 0 rings (SSSR count). The summed E-state index contributed by atoms with van der Waals surface area (Å²) in [4.78, 5) is 23.4. The predicted molar refractivity (Wildman–Crippen MR) is 134 cm³/mol. The summed E-state index contributed by atoms with van der Waals surface area (Å²) in [5.41, 5.74) is 0. The summed E-state index contributed by atoms with van der Waals surface area (Å²) in [5, 5.41) is 15.6. The van der Waals surface area contributed by atoms with Gasteiger partial charge in [0, 0.05) is 66.9 Å². The summed E-state index contributed by atoms with van der Waals surface area (Å²) in [5.74, 6) is -2.51. The molecule has 0 radical (unpaired) electrons. The van der Waals surface area contributed by atoms with Crippen LogP contribution in [-0.2, 0) is 36.1 Å². The lowest BCUT2D eigenvalue weighted by Crippen LogP contribution is -2.43. The van der Waals surface area contributed by atoms with Crippen molar-refractivity contribution in [3.8, 4) is 0 Å². The average molecular weight is 531 g/mol. The van der Waals surface area contributed by atoms with Crippen LogP contribution in [0.5, 0.6) is 0 Å². The van der Waals surface area contributed by atoms with Crippen LogP contribution in [0.4, 0.5) is 0 Å². The molecule has 0 saturated heterocycles. The molecule has 0 bridgehead atoms. The van der Waals surface area contributed by atoms with Gasteiger partial charge in [-0.3, -0.25) is 0 Å². The lowest BCUT2D eigenvalue weighted by atomic mass is 10.5. The summed E-state index contributed by atoms with van der Waals surface area (Å²) in [7, 11) is 13.5. The van der Waals surface area contributed by atoms with Crippen LogP contribution in [0.1, 0.15) is 12.8 Å². The van der Waals surface area contributed by atoms with Crippen molar-refractivity contribution < 1.29 is 46.4 Å². The fraction of sp³-hybridized carbons (Fsp3) is 0.800. The number of hydrogen-bond donors (Lipinski definition) is 2. The van der Waals surface area contributed by atoms with E-state index in [2.05, 4.69) is 38.0 Å². The smallest absolute Gasteiger partial charge is 0.478 e. The molecule has 0 aromatic rings. The molecule has 0 aliphatic heterocycles. The number of carboxylic acid groups (broad SMARTS) is 2. The molecule has 34 heavy (non-hydrogen) atoms. The van der Waals surface area contributed by atoms with Gasteiger partial charge in [0.25, 0.3) is 0 Å². The standard InChI is InChI=1S/2C8H21NO3Si.C4H4O4/c2*1-9(2)7-6-8-13(10-3,11-4)12-5;5-3(6)1-2-4(7)8/h2*6-8H2,1-5H3;1-2H,(H,5,6)(H,7,8). The van der Waals surface area contributed by atoms with Crippen LogP contribution < -0.4 is 0 Å². The molecule has 0 aliphatic carbocycles. The molecule has 0 unspecified atom stereocenters. The van der Waals surface area contributed by atoms with Crippen LogP contribution in [0, 0.1) is 0 Å². The zero-order chi connectivity index (χ0) is 27.2. The molecule has 14 heteroatoms. The van der Waals surface area contributed by atoms with Gasteiger partial charge in [-0.2, -0.15) is 0 Å². The maximum absolute atomic E-state index is 9.55. The van der Waals surface area contributed by atoms with Crippen LogP contribution in [-0.4, -0.2) is 133 Å². The number of rotatable bonds is 16. The summed E-state index contributed by atoms with van der Waals surface area (Å²) in [6, 6.07) is 1.74. The third kappa shape index (κ3) is 21.3. The topological polar surface area (TPSA) is 136 Å². The number of carboxylic acids is 2. The van der Waals surface area contributed by atoms with Gasteiger partial charge in [0.2, 0.25) is 0 Å². The van der Waals surface area contributed by atoms with Crippen molar-refractivity contribution in [1.29, 1.82) is 0 Å². The largest absolute Gasteiger partial charge is 0.500 e. The second-order valence-corrected chi connectivity index (χ2v) is 13.6. The van der Waals surface area contributed by atoms with Crippen LogP contribution >= 0.6 is 0 Å². The summed E-state index contributed by atoms with van der Waals surface area (Å²) < 4.78 is 31.8. The molecule has 12 nitrogen and oxygen atoms in total. The van der Waals surface area contributed by atoms with Gasteiger partial charge in [-0.1, -0.05) is 0 Å². The van der Waals surface area contributed by atoms with Gasteiger partial charge in [0.15, 0.2) is 0 Å². The maximum atomic E-state index is 9.55. The molecule has 0 spiro atoms. The molecule has 0 aromatic heterocycles. The molecule has 0 atom stereocenters. The van der Waals surface area contributed by atoms with Crippen LogP contribution in [0.25, 0.3) is 0 Å². The minimum absolute atomic E-state index is 0.558. The fourth-order valence-corrected chi connectivity index (χ4v) is 5.89. The third-order valence-electron chi connectivity index (χ3n) is 4.41. The fourth-order valence-electron chi connectivity index (χ4n) is 2.48. The predicted octanol–water partition coefficient (Wildman–Crippen LogP) is 1.34. The van der Waals surface area contributed by atoms with E-state index in [1.54, 1.807) is 42.7 Å². The van der Waals surface area contributed by atoms with Gasteiger partial charge in [0.1, 0.15) is 0 Å². The average Bonchev–Trinajstić information content (AvgIpc) is 2.79. The van der Waals surface area contributed by atoms with Gasteiger partial charge < -0.3 is 46.6 Å². The molecule has 0 aliphatic rings. The van der Waals surface area contributed by atoms with E-state index in [-0.39, 0.29) is 0 Å². The third-order valence-corrected chi connectivity index (χ3v) is 10.1. The Labute approximate surface area is 207 Å². The Bertz CT molecular complexity index is 481. The van der Waals surface area contributed by atoms with Gasteiger partial charge in [-0.05, 0) is 54.1 Å². The number of carbonyl (C=O) groups is 2. The quantitative estimate of drug-likeness (QED) is 0.220. The Morgan fingerprint density at radius 2 is 0.853 bits per heavy atom. The first-order valence-electron chi connectivity index (χ1n) is 10.6. The van der Waals surface area contributed by atoms with Crippen molar-refractivity contribution in [2.75, 3.05) is 83.9 Å². The SMILES string of the molecule is CO[Si](CCCN(C)C)(OC)OC.CO[Si](CCCN(C)C)(OC)OC.O=C(O)C=CC(=O)O. The molecule has 0 aromatic carbocycles. The highest BCUT2D eigenvalue weighted by atomic mass is 28.4. The van der Waals surface area contributed by atoms with E-state index >= 15 is 0 Å². The minimum atomic E-state index is -2.31. The van der Waals surface area contributed by atoms with Crippen molar-refractivity contribution in [1.82, 2.24) is 9.80 Å². The highest BCUT2D eigenvalue weighted by Crippen LogP contribution is 2.15. The van der Waals surface area contributed by atoms with E-state index in [1.165, 1.54) is 0 Å². The van der Waals surface area contributed by atoms with E-state index in [9.17, 15) is 9.59 Å². The van der Waals surface area contributed by atoms with Gasteiger partial charge in [0.05, 0.1) is 0 Å². The highest BCUT2D eigenvalue weighted by molar-refractivity contribution is 6.60. The highest BCUT2D eigenvalue weighted by Gasteiger charge is 2.37. The summed E-state index contributed by atoms with van der Waals surface area (Å²) >= 11 is 0. The second-order valence-electron chi connectivity index (χ2n) is 7.41. The van der Waals surface area contributed by atoms with Gasteiger partial charge in [-0.25, -0.2) is 9.59 Å². The van der Waals surface area contributed by atoms with E-state index in [0.717, 1.165) is 38.0 Å².